The zero-order valence-electron chi connectivity index (χ0n) is 7.72. The van der Waals surface area contributed by atoms with Crippen molar-refractivity contribution in [1.82, 2.24) is 9.97 Å². The molecular formula is C9H12BrClN2. The van der Waals surface area contributed by atoms with Gasteiger partial charge in [-0.1, -0.05) is 25.4 Å². The van der Waals surface area contributed by atoms with Gasteiger partial charge in [0, 0.05) is 12.1 Å². The maximum absolute atomic E-state index is 5.87. The van der Waals surface area contributed by atoms with E-state index in [4.69, 9.17) is 11.6 Å². The lowest BCUT2D eigenvalue weighted by Gasteiger charge is -2.10. The summed E-state index contributed by atoms with van der Waals surface area (Å²) in [5.41, 5.74) is 0. The van der Waals surface area contributed by atoms with Crippen LogP contribution in [-0.2, 0) is 0 Å². The van der Waals surface area contributed by atoms with Crippen molar-refractivity contribution in [2.75, 3.05) is 0 Å². The van der Waals surface area contributed by atoms with Gasteiger partial charge in [0.25, 0.3) is 0 Å². The molecule has 0 saturated heterocycles. The highest BCUT2D eigenvalue weighted by Crippen LogP contribution is 2.24. The summed E-state index contributed by atoms with van der Waals surface area (Å²) in [6.07, 6.45) is 3.81. The first-order valence-electron chi connectivity index (χ1n) is 4.37. The fourth-order valence-corrected chi connectivity index (χ4v) is 1.54. The molecule has 0 aliphatic rings. The summed E-state index contributed by atoms with van der Waals surface area (Å²) in [6, 6.07) is 0. The van der Waals surface area contributed by atoms with Gasteiger partial charge in [0.2, 0.25) is 0 Å². The molecule has 13 heavy (non-hydrogen) atoms. The predicted molar refractivity (Wildman–Crippen MR) is 58.1 cm³/mol. The first kappa shape index (κ1) is 10.9. The molecule has 0 fully saturated rings. The van der Waals surface area contributed by atoms with Crippen LogP contribution in [0.2, 0.25) is 5.15 Å². The summed E-state index contributed by atoms with van der Waals surface area (Å²) in [4.78, 5) is 8.46. The Kier molecular flexibility index (Phi) is 4.13. The molecule has 0 unspecified atom stereocenters. The van der Waals surface area contributed by atoms with Gasteiger partial charge in [-0.3, -0.25) is 0 Å². The fraction of sp³-hybridized carbons (Fsp3) is 0.556. The van der Waals surface area contributed by atoms with Crippen LogP contribution in [0.3, 0.4) is 0 Å². The SMILES string of the molecule is CCC(CC)c1ncc(Br)c(Cl)n1. The molecule has 0 spiro atoms. The topological polar surface area (TPSA) is 25.8 Å². The minimum atomic E-state index is 0.422. The van der Waals surface area contributed by atoms with Crippen LogP contribution in [-0.4, -0.2) is 9.97 Å². The van der Waals surface area contributed by atoms with Gasteiger partial charge in [-0.15, -0.1) is 0 Å². The zero-order valence-corrected chi connectivity index (χ0v) is 10.1. The van der Waals surface area contributed by atoms with Crippen LogP contribution >= 0.6 is 27.5 Å². The van der Waals surface area contributed by atoms with E-state index < -0.39 is 0 Å². The molecule has 0 saturated carbocycles. The third kappa shape index (κ3) is 2.64. The van der Waals surface area contributed by atoms with E-state index in [0.29, 0.717) is 11.1 Å². The van der Waals surface area contributed by atoms with Crippen molar-refractivity contribution >= 4 is 27.5 Å². The quantitative estimate of drug-likeness (QED) is 0.775. The van der Waals surface area contributed by atoms with Gasteiger partial charge in [0.15, 0.2) is 0 Å². The van der Waals surface area contributed by atoms with Gasteiger partial charge < -0.3 is 0 Å². The van der Waals surface area contributed by atoms with E-state index in [1.54, 1.807) is 6.20 Å². The Bertz CT molecular complexity index is 287. The molecule has 0 bridgehead atoms. The molecule has 0 aliphatic carbocycles. The zero-order chi connectivity index (χ0) is 9.84. The maximum Gasteiger partial charge on any atom is 0.146 e. The highest BCUT2D eigenvalue weighted by Gasteiger charge is 2.11. The van der Waals surface area contributed by atoms with E-state index in [1.807, 2.05) is 0 Å². The van der Waals surface area contributed by atoms with Crippen LogP contribution in [0.25, 0.3) is 0 Å². The molecule has 72 valence electrons. The van der Waals surface area contributed by atoms with Gasteiger partial charge in [-0.25, -0.2) is 9.97 Å². The summed E-state index contributed by atoms with van der Waals surface area (Å²) in [6.45, 7) is 4.26. The molecule has 0 atom stereocenters. The third-order valence-electron chi connectivity index (χ3n) is 2.07. The van der Waals surface area contributed by atoms with Gasteiger partial charge >= 0.3 is 0 Å². The number of hydrogen-bond donors (Lipinski definition) is 0. The Balaban J connectivity index is 2.95. The Hall–Kier alpha value is -0.150. The average Bonchev–Trinajstić information content (AvgIpc) is 2.13. The van der Waals surface area contributed by atoms with E-state index in [2.05, 4.69) is 39.7 Å². The lowest BCUT2D eigenvalue weighted by atomic mass is 10.0. The Morgan fingerprint density at radius 3 is 2.54 bits per heavy atom. The second kappa shape index (κ2) is 4.91. The van der Waals surface area contributed by atoms with Gasteiger partial charge in [0.05, 0.1) is 4.47 Å². The second-order valence-electron chi connectivity index (χ2n) is 2.88. The van der Waals surface area contributed by atoms with E-state index in [1.165, 1.54) is 0 Å². The van der Waals surface area contributed by atoms with Gasteiger partial charge in [-0.2, -0.15) is 0 Å². The van der Waals surface area contributed by atoms with E-state index >= 15 is 0 Å². The number of rotatable bonds is 3. The van der Waals surface area contributed by atoms with Crippen molar-refractivity contribution in [3.8, 4) is 0 Å². The fourth-order valence-electron chi connectivity index (χ4n) is 1.21. The van der Waals surface area contributed by atoms with Crippen LogP contribution in [0.15, 0.2) is 10.7 Å². The smallest absolute Gasteiger partial charge is 0.146 e. The number of halogens is 2. The van der Waals surface area contributed by atoms with Crippen LogP contribution in [0.5, 0.6) is 0 Å². The van der Waals surface area contributed by atoms with Crippen molar-refractivity contribution in [2.24, 2.45) is 0 Å². The van der Waals surface area contributed by atoms with Crippen LogP contribution in [0, 0.1) is 0 Å². The van der Waals surface area contributed by atoms with Crippen molar-refractivity contribution in [3.05, 3.63) is 21.6 Å². The lowest BCUT2D eigenvalue weighted by molar-refractivity contribution is 0.601. The standard InChI is InChI=1S/C9H12BrClN2/c1-3-6(4-2)9-12-5-7(10)8(11)13-9/h5-6H,3-4H2,1-2H3. The highest BCUT2D eigenvalue weighted by atomic mass is 79.9. The molecule has 1 heterocycles. The molecule has 0 aliphatic heterocycles. The summed E-state index contributed by atoms with van der Waals surface area (Å²) in [5, 5.41) is 0.497. The highest BCUT2D eigenvalue weighted by molar-refractivity contribution is 9.10. The molecule has 0 radical (unpaired) electrons. The first-order chi connectivity index (χ1) is 6.19. The van der Waals surface area contributed by atoms with Crippen molar-refractivity contribution in [2.45, 2.75) is 32.6 Å². The van der Waals surface area contributed by atoms with E-state index in [-0.39, 0.29) is 0 Å². The maximum atomic E-state index is 5.87. The average molecular weight is 264 g/mol. The summed E-state index contributed by atoms with van der Waals surface area (Å²) in [5.74, 6) is 1.27. The molecule has 1 rings (SSSR count). The molecule has 4 heteroatoms. The Morgan fingerprint density at radius 1 is 1.46 bits per heavy atom. The predicted octanol–water partition coefficient (Wildman–Crippen LogP) is 3.80. The van der Waals surface area contributed by atoms with Crippen LogP contribution < -0.4 is 0 Å². The number of hydrogen-bond acceptors (Lipinski definition) is 2. The molecule has 0 aromatic carbocycles. The largest absolute Gasteiger partial charge is 0.240 e. The monoisotopic (exact) mass is 262 g/mol. The third-order valence-corrected chi connectivity index (χ3v) is 3.17. The molecule has 0 N–H and O–H groups in total. The molecular weight excluding hydrogens is 251 g/mol. The normalized spacial score (nSPS) is 10.8. The second-order valence-corrected chi connectivity index (χ2v) is 4.09. The van der Waals surface area contributed by atoms with Crippen LogP contribution in [0.1, 0.15) is 38.4 Å². The molecule has 2 nitrogen and oxygen atoms in total. The van der Waals surface area contributed by atoms with Crippen molar-refractivity contribution < 1.29 is 0 Å². The number of aromatic nitrogens is 2. The van der Waals surface area contributed by atoms with Crippen molar-refractivity contribution in [3.63, 3.8) is 0 Å². The van der Waals surface area contributed by atoms with Gasteiger partial charge in [-0.05, 0) is 28.8 Å². The molecule has 0 amide bonds. The lowest BCUT2D eigenvalue weighted by Crippen LogP contribution is -2.02. The van der Waals surface area contributed by atoms with Crippen molar-refractivity contribution in [1.29, 1.82) is 0 Å². The summed E-state index contributed by atoms with van der Waals surface area (Å²) in [7, 11) is 0. The Morgan fingerprint density at radius 2 is 2.08 bits per heavy atom. The van der Waals surface area contributed by atoms with Crippen LogP contribution in [0.4, 0.5) is 0 Å². The first-order valence-corrected chi connectivity index (χ1v) is 5.54. The van der Waals surface area contributed by atoms with E-state index in [0.717, 1.165) is 23.1 Å². The molecule has 1 aromatic heterocycles. The Labute approximate surface area is 91.9 Å². The molecule has 1 aromatic rings. The summed E-state index contributed by atoms with van der Waals surface area (Å²) >= 11 is 9.14. The van der Waals surface area contributed by atoms with Gasteiger partial charge in [0.1, 0.15) is 11.0 Å². The number of nitrogens with zero attached hydrogens (tertiary/aromatic N) is 2. The minimum Gasteiger partial charge on any atom is -0.240 e. The van der Waals surface area contributed by atoms with E-state index in [9.17, 15) is 0 Å². The minimum absolute atomic E-state index is 0.422. The summed E-state index contributed by atoms with van der Waals surface area (Å²) < 4.78 is 0.754.